The fraction of sp³-hybridized carbons (Fsp3) is 0.0625. The van der Waals surface area contributed by atoms with Gasteiger partial charge < -0.3 is 0 Å². The Labute approximate surface area is 149 Å². The van der Waals surface area contributed by atoms with Gasteiger partial charge in [0.25, 0.3) is 16.0 Å². The van der Waals surface area contributed by atoms with Gasteiger partial charge in [-0.05, 0) is 18.2 Å². The number of carbonyl (C=O) groups excluding carboxylic acids is 1. The van der Waals surface area contributed by atoms with E-state index in [-0.39, 0.29) is 11.1 Å². The lowest BCUT2D eigenvalue weighted by Crippen LogP contribution is -2.41. The van der Waals surface area contributed by atoms with Crippen LogP contribution < -0.4 is 10.8 Å². The Bertz CT molecular complexity index is 946. The van der Waals surface area contributed by atoms with Crippen LogP contribution >= 0.6 is 0 Å². The molecule has 10 heteroatoms. The van der Waals surface area contributed by atoms with E-state index in [1.807, 2.05) is 0 Å². The molecule has 2 aromatic rings. The maximum atomic E-state index is 13.9. The molecule has 0 fully saturated rings. The number of aromatic nitrogens is 1. The molecule has 0 saturated heterocycles. The number of hydroxylamine groups is 1. The molecule has 1 amide bonds. The number of benzene rings is 1. The molecule has 8 nitrogen and oxygen atoms in total. The molecule has 0 aliphatic rings. The van der Waals surface area contributed by atoms with Gasteiger partial charge in [-0.25, -0.2) is 9.87 Å². The molecule has 0 bridgehead atoms. The molecule has 0 unspecified atom stereocenters. The van der Waals surface area contributed by atoms with E-state index in [2.05, 4.69) is 14.6 Å². The fourth-order valence-corrected chi connectivity index (χ4v) is 2.11. The molecular weight excluding hydrogens is 363 g/mol. The number of rotatable bonds is 5. The number of nitrogens with zero attached hydrogens (tertiary/aromatic N) is 1. The zero-order chi connectivity index (χ0) is 19.2. The van der Waals surface area contributed by atoms with Crippen molar-refractivity contribution in [3.63, 3.8) is 0 Å². The van der Waals surface area contributed by atoms with Gasteiger partial charge in [0.15, 0.2) is 0 Å². The predicted molar refractivity (Wildman–Crippen MR) is 93.4 cm³/mol. The van der Waals surface area contributed by atoms with Crippen LogP contribution in [0.3, 0.4) is 0 Å². The van der Waals surface area contributed by atoms with Crippen molar-refractivity contribution in [3.05, 3.63) is 65.7 Å². The summed E-state index contributed by atoms with van der Waals surface area (Å²) in [6.45, 7) is 0. The van der Waals surface area contributed by atoms with Crippen molar-refractivity contribution in [2.75, 3.05) is 6.26 Å². The van der Waals surface area contributed by atoms with Crippen LogP contribution in [0.25, 0.3) is 11.6 Å². The van der Waals surface area contributed by atoms with E-state index in [0.29, 0.717) is 5.56 Å². The summed E-state index contributed by atoms with van der Waals surface area (Å²) < 4.78 is 39.9. The van der Waals surface area contributed by atoms with Crippen LogP contribution in [-0.4, -0.2) is 31.5 Å². The number of carbonyl (C=O) groups is 1. The van der Waals surface area contributed by atoms with Crippen LogP contribution in [0.4, 0.5) is 4.39 Å². The van der Waals surface area contributed by atoms with E-state index < -0.39 is 27.8 Å². The smallest absolute Gasteiger partial charge is 0.285 e. The number of halogens is 1. The summed E-state index contributed by atoms with van der Waals surface area (Å²) in [4.78, 5) is 16.4. The van der Waals surface area contributed by atoms with Crippen LogP contribution in [-0.2, 0) is 19.2 Å². The van der Waals surface area contributed by atoms with Crippen molar-refractivity contribution in [1.29, 1.82) is 5.41 Å². The molecule has 0 aliphatic carbocycles. The first-order valence-corrected chi connectivity index (χ1v) is 8.99. The van der Waals surface area contributed by atoms with Crippen LogP contribution in [0.1, 0.15) is 11.1 Å². The molecule has 1 aromatic heterocycles. The summed E-state index contributed by atoms with van der Waals surface area (Å²) in [6, 6.07) is 9.02. The third-order valence-corrected chi connectivity index (χ3v) is 3.34. The average Bonchev–Trinajstić information content (AvgIpc) is 2.59. The van der Waals surface area contributed by atoms with E-state index in [1.54, 1.807) is 23.7 Å². The van der Waals surface area contributed by atoms with Crippen molar-refractivity contribution in [2.24, 2.45) is 0 Å². The fourth-order valence-electron chi connectivity index (χ4n) is 1.87. The Morgan fingerprint density at radius 3 is 2.62 bits per heavy atom. The van der Waals surface area contributed by atoms with Crippen LogP contribution in [0.2, 0.25) is 0 Å². The Morgan fingerprint density at radius 1 is 1.27 bits per heavy atom. The van der Waals surface area contributed by atoms with Crippen molar-refractivity contribution >= 4 is 33.6 Å². The Balaban J connectivity index is 2.29. The van der Waals surface area contributed by atoms with Gasteiger partial charge in [0.05, 0.1) is 6.26 Å². The lowest BCUT2D eigenvalue weighted by molar-refractivity contribution is -0.114. The van der Waals surface area contributed by atoms with Crippen molar-refractivity contribution in [1.82, 2.24) is 15.8 Å². The Kier molecular flexibility index (Phi) is 6.15. The molecule has 26 heavy (non-hydrogen) atoms. The summed E-state index contributed by atoms with van der Waals surface area (Å²) in [7, 11) is -3.86. The number of amides is 1. The molecule has 2 rings (SSSR count). The molecule has 136 valence electrons. The second kappa shape index (κ2) is 8.32. The van der Waals surface area contributed by atoms with E-state index in [4.69, 9.17) is 5.41 Å². The molecule has 3 N–H and O–H groups in total. The molecule has 1 heterocycles. The van der Waals surface area contributed by atoms with Crippen LogP contribution in [0, 0.1) is 11.2 Å². The van der Waals surface area contributed by atoms with Gasteiger partial charge in [0.2, 0.25) is 5.96 Å². The highest BCUT2D eigenvalue weighted by atomic mass is 32.2. The second-order valence-electron chi connectivity index (χ2n) is 5.04. The summed E-state index contributed by atoms with van der Waals surface area (Å²) in [5, 5.41) is 9.64. The number of nitrogens with one attached hydrogen (secondary N) is 3. The normalized spacial score (nSPS) is 11.7. The monoisotopic (exact) mass is 378 g/mol. The highest BCUT2D eigenvalue weighted by Gasteiger charge is 2.16. The highest BCUT2D eigenvalue weighted by molar-refractivity contribution is 7.85. The first-order chi connectivity index (χ1) is 12.3. The number of hydrogen-bond donors (Lipinski definition) is 3. The molecule has 0 atom stereocenters. The standard InChI is InChI=1S/C16H15FN4O4S/c1-26(23,24)25-21-16(18)20-15(22)13(12-6-4-8-19-10-12)9-11-5-2-3-7-14(11)17/h2-10H,1H3,(H3,18,20,21,22)/b13-9+. The number of hydrogen-bond acceptors (Lipinski definition) is 6. The lowest BCUT2D eigenvalue weighted by Gasteiger charge is -2.11. The van der Waals surface area contributed by atoms with Gasteiger partial charge in [-0.3, -0.25) is 20.5 Å². The molecule has 0 radical (unpaired) electrons. The van der Waals surface area contributed by atoms with Gasteiger partial charge in [-0.1, -0.05) is 24.3 Å². The van der Waals surface area contributed by atoms with Gasteiger partial charge >= 0.3 is 0 Å². The molecule has 0 spiro atoms. The van der Waals surface area contributed by atoms with E-state index in [0.717, 1.165) is 6.26 Å². The van der Waals surface area contributed by atoms with Gasteiger partial charge in [-0.15, -0.1) is 4.28 Å². The quantitative estimate of drug-likeness (QED) is 0.312. The minimum absolute atomic E-state index is 0.0223. The van der Waals surface area contributed by atoms with Crippen molar-refractivity contribution in [3.8, 4) is 0 Å². The van der Waals surface area contributed by atoms with E-state index >= 15 is 0 Å². The highest BCUT2D eigenvalue weighted by Crippen LogP contribution is 2.19. The predicted octanol–water partition coefficient (Wildman–Crippen LogP) is 1.29. The minimum atomic E-state index is -3.86. The molecule has 1 aromatic carbocycles. The summed E-state index contributed by atoms with van der Waals surface area (Å²) >= 11 is 0. The SMILES string of the molecule is CS(=O)(=O)ONC(=N)NC(=O)/C(=C/c1ccccc1F)c1cccnc1. The summed E-state index contributed by atoms with van der Waals surface area (Å²) in [5.74, 6) is -2.02. The average molecular weight is 378 g/mol. The third kappa shape index (κ3) is 5.76. The second-order valence-corrected chi connectivity index (χ2v) is 6.61. The van der Waals surface area contributed by atoms with Gasteiger partial charge in [0, 0.05) is 29.1 Å². The van der Waals surface area contributed by atoms with Gasteiger partial charge in [0.1, 0.15) is 5.82 Å². The molecule has 0 saturated carbocycles. The largest absolute Gasteiger partial charge is 0.291 e. The van der Waals surface area contributed by atoms with E-state index in [1.165, 1.54) is 36.7 Å². The van der Waals surface area contributed by atoms with Crippen LogP contribution in [0.5, 0.6) is 0 Å². The Morgan fingerprint density at radius 2 is 2.00 bits per heavy atom. The number of guanidine groups is 1. The first kappa shape index (κ1) is 19.2. The number of pyridine rings is 1. The lowest BCUT2D eigenvalue weighted by atomic mass is 10.0. The maximum absolute atomic E-state index is 13.9. The van der Waals surface area contributed by atoms with Crippen LogP contribution in [0.15, 0.2) is 48.8 Å². The zero-order valence-corrected chi connectivity index (χ0v) is 14.4. The minimum Gasteiger partial charge on any atom is -0.291 e. The van der Waals surface area contributed by atoms with Gasteiger partial charge in [-0.2, -0.15) is 8.42 Å². The van der Waals surface area contributed by atoms with Crippen molar-refractivity contribution in [2.45, 2.75) is 0 Å². The Hall–Kier alpha value is -3.11. The van der Waals surface area contributed by atoms with Crippen molar-refractivity contribution < 1.29 is 21.9 Å². The van der Waals surface area contributed by atoms with E-state index in [9.17, 15) is 17.6 Å². The summed E-state index contributed by atoms with van der Waals surface area (Å²) in [6.07, 6.45) is 4.97. The zero-order valence-electron chi connectivity index (χ0n) is 13.6. The first-order valence-electron chi connectivity index (χ1n) is 7.17. The maximum Gasteiger partial charge on any atom is 0.285 e. The third-order valence-electron chi connectivity index (χ3n) is 2.96. The topological polar surface area (TPSA) is 121 Å². The molecular formula is C16H15FN4O4S. The molecule has 0 aliphatic heterocycles. The summed E-state index contributed by atoms with van der Waals surface area (Å²) in [5.41, 5.74) is 2.34.